The minimum Gasteiger partial charge on any atom is -1.00 e. The molecule has 0 spiro atoms. The molecule has 0 rings (SSSR count). The van der Waals surface area contributed by atoms with E-state index in [4.69, 9.17) is 13.1 Å². The van der Waals surface area contributed by atoms with E-state index in [0.29, 0.717) is 0 Å². The molecule has 8 heteroatoms. The zero-order valence-corrected chi connectivity index (χ0v) is 33.3. The molecular weight excluding hydrogens is 568 g/mol. The van der Waals surface area contributed by atoms with Crippen LogP contribution in [0.2, 0.25) is 0 Å². The second kappa shape index (κ2) is 44.5. The van der Waals surface area contributed by atoms with Gasteiger partial charge in [-0.25, -0.2) is 8.37 Å². The number of unbranched alkanes of at least 4 members (excludes halogenated alkanes) is 21. The van der Waals surface area contributed by atoms with Crippen LogP contribution in [0.25, 0.3) is 0 Å². The van der Waals surface area contributed by atoms with Gasteiger partial charge in [-0.1, -0.05) is 142 Å². The van der Waals surface area contributed by atoms with E-state index < -0.39 is 10.4 Å². The van der Waals surface area contributed by atoms with Gasteiger partial charge in [0.05, 0.1) is 13.2 Å². The second-order valence-electron chi connectivity index (χ2n) is 11.0. The van der Waals surface area contributed by atoms with Crippen molar-refractivity contribution >= 4 is 33.5 Å². The van der Waals surface area contributed by atoms with Crippen molar-refractivity contribution in [3.05, 3.63) is 12.2 Å². The summed E-state index contributed by atoms with van der Waals surface area (Å²) in [5.41, 5.74) is 0. The third-order valence-electron chi connectivity index (χ3n) is 7.02. The summed E-state index contributed by atoms with van der Waals surface area (Å²) in [5.74, 6) is 0. The Morgan fingerprint density at radius 3 is 1.05 bits per heavy atom. The van der Waals surface area contributed by atoms with Crippen LogP contribution >= 0.6 is 0 Å². The Morgan fingerprint density at radius 2 is 0.762 bits per heavy atom. The van der Waals surface area contributed by atoms with Gasteiger partial charge in [0, 0.05) is 13.2 Å². The van der Waals surface area contributed by atoms with E-state index in [1.54, 1.807) is 0 Å². The molecule has 0 saturated carbocycles. The molecule has 0 aromatic carbocycles. The Balaban J connectivity index is -0.000000266. The maximum Gasteiger partial charge on any atom is 2.00 e. The molecule has 0 heterocycles. The van der Waals surface area contributed by atoms with E-state index >= 15 is 0 Å². The van der Waals surface area contributed by atoms with Crippen LogP contribution in [0.15, 0.2) is 12.2 Å². The molecule has 42 heavy (non-hydrogen) atoms. The van der Waals surface area contributed by atoms with Gasteiger partial charge in [0.25, 0.3) is 0 Å². The second-order valence-corrected chi connectivity index (χ2v) is 12.2. The number of hydrogen-bond acceptors (Lipinski definition) is 5. The van der Waals surface area contributed by atoms with E-state index in [-0.39, 0.29) is 70.1 Å². The van der Waals surface area contributed by atoms with Gasteiger partial charge in [-0.15, -0.1) is 0 Å². The summed E-state index contributed by atoms with van der Waals surface area (Å²) in [6, 6.07) is 0. The molecule has 0 N–H and O–H groups in total. The molecule has 5 nitrogen and oxygen atoms in total. The van der Waals surface area contributed by atoms with Crippen LogP contribution in [0.4, 0.5) is 0 Å². The topological polar surface area (TPSA) is 61.8 Å². The number of ether oxygens (including phenoxy) is 1. The van der Waals surface area contributed by atoms with Crippen LogP contribution in [-0.2, 0) is 23.5 Å². The van der Waals surface area contributed by atoms with Crippen molar-refractivity contribution in [3.8, 4) is 0 Å². The number of rotatable bonds is 31. The van der Waals surface area contributed by atoms with Crippen LogP contribution in [-0.4, -0.2) is 57.9 Å². The summed E-state index contributed by atoms with van der Waals surface area (Å²) in [6.45, 7) is 10.7. The van der Waals surface area contributed by atoms with Gasteiger partial charge in [0.15, 0.2) is 0 Å². The third kappa shape index (κ3) is 48.2. The van der Waals surface area contributed by atoms with E-state index in [9.17, 15) is 8.42 Å². The van der Waals surface area contributed by atoms with Crippen molar-refractivity contribution in [1.82, 2.24) is 0 Å². The molecule has 0 aliphatic rings. The molecule has 0 amide bonds. The first-order valence-electron chi connectivity index (χ1n) is 17.3. The summed E-state index contributed by atoms with van der Waals surface area (Å²) >= 11 is 0. The molecule has 0 radical (unpaired) electrons. The van der Waals surface area contributed by atoms with Gasteiger partial charge in [-0.3, -0.25) is 0 Å². The monoisotopic (exact) mass is 640 g/mol. The van der Waals surface area contributed by atoms with Gasteiger partial charge in [-0.2, -0.15) is 8.42 Å². The van der Waals surface area contributed by atoms with Gasteiger partial charge < -0.3 is 9.02 Å². The zero-order chi connectivity index (χ0) is 29.8. The average molecular weight is 641 g/mol. The predicted octanol–water partition coefficient (Wildman–Crippen LogP) is 8.23. The Bertz CT molecular complexity index is 604. The van der Waals surface area contributed by atoms with Crippen molar-refractivity contribution in [1.29, 1.82) is 0 Å². The largest absolute Gasteiger partial charge is 2.00 e. The van der Waals surface area contributed by atoms with Crippen LogP contribution in [0, 0.1) is 0 Å². The van der Waals surface area contributed by atoms with Crippen molar-refractivity contribution in [2.45, 2.75) is 182 Å². The Morgan fingerprint density at radius 1 is 0.476 bits per heavy atom. The molecular formula is C34H73MgNaO5S. The van der Waals surface area contributed by atoms with Gasteiger partial charge in [-0.05, 0) is 52.4 Å². The summed E-state index contributed by atoms with van der Waals surface area (Å²) < 4.78 is 38.4. The van der Waals surface area contributed by atoms with Crippen molar-refractivity contribution in [2.24, 2.45) is 0 Å². The normalized spacial score (nSPS) is 11.1. The van der Waals surface area contributed by atoms with Crippen molar-refractivity contribution in [3.63, 3.8) is 0 Å². The summed E-state index contributed by atoms with van der Waals surface area (Å²) in [5, 5.41) is 0. The van der Waals surface area contributed by atoms with Crippen LogP contribution in [0.1, 0.15) is 186 Å². The molecule has 0 aliphatic carbocycles. The molecule has 0 fully saturated rings. The Kier molecular flexibility index (Phi) is 53.1. The molecule has 0 atom stereocenters. The van der Waals surface area contributed by atoms with Crippen molar-refractivity contribution < 1.29 is 55.4 Å². The SMILES string of the molecule is CCCCCCCC/C=C\CCCCCCCCOS(=O)(=O)OCCCCCCCCCCCC.CCOCC.[H-].[H-].[H-].[Mg+2].[Na+]. The Labute approximate surface area is 307 Å². The number of hydrogen-bond donors (Lipinski definition) is 0. The van der Waals surface area contributed by atoms with Crippen molar-refractivity contribution in [2.75, 3.05) is 26.4 Å². The van der Waals surface area contributed by atoms with Crippen LogP contribution in [0.3, 0.4) is 0 Å². The zero-order valence-electron chi connectivity index (χ0n) is 32.1. The fraction of sp³-hybridized carbons (Fsp3) is 0.941. The first kappa shape index (κ1) is 50.2. The smallest absolute Gasteiger partial charge is 1.00 e. The molecule has 0 saturated heterocycles. The van der Waals surface area contributed by atoms with Crippen LogP contribution in [0.5, 0.6) is 0 Å². The summed E-state index contributed by atoms with van der Waals surface area (Å²) in [6.07, 6.45) is 34.2. The summed E-state index contributed by atoms with van der Waals surface area (Å²) in [7, 11) is -3.82. The molecule has 0 aromatic heterocycles. The van der Waals surface area contributed by atoms with E-state index in [1.807, 2.05) is 13.8 Å². The Hall–Kier alpha value is 1.34. The fourth-order valence-electron chi connectivity index (χ4n) is 4.50. The molecule has 248 valence electrons. The van der Waals surface area contributed by atoms with Crippen LogP contribution < -0.4 is 29.6 Å². The van der Waals surface area contributed by atoms with Gasteiger partial charge >= 0.3 is 63.0 Å². The quantitative estimate of drug-likeness (QED) is 0.0434. The van der Waals surface area contributed by atoms with E-state index in [2.05, 4.69) is 26.0 Å². The molecule has 0 unspecified atom stereocenters. The minimum absolute atomic E-state index is 0. The fourth-order valence-corrected chi connectivity index (χ4v) is 5.21. The number of allylic oxidation sites excluding steroid dienone is 2. The standard InChI is InChI=1S/C30H60O4S.C4H10O.Mg.Na.3H/c1-3-5-7-9-11-13-15-16-17-18-19-20-22-24-26-28-30-34-35(31,32)33-29-27-25-23-21-14-12-10-8-6-4-2;1-3-5-4-2;;;;;/h16-17H,3-15,18-30H2,1-2H3;3-4H2,1-2H3;;;;;/q;;+2;+1;3*-1/b17-16-;;;;;;. The molecule has 0 bridgehead atoms. The maximum atomic E-state index is 11.8. The third-order valence-corrected chi connectivity index (χ3v) is 7.93. The average Bonchev–Trinajstić information content (AvgIpc) is 2.94. The maximum absolute atomic E-state index is 11.8. The van der Waals surface area contributed by atoms with E-state index in [0.717, 1.165) is 51.7 Å². The van der Waals surface area contributed by atoms with E-state index in [1.165, 1.54) is 116 Å². The predicted molar refractivity (Wildman–Crippen MR) is 183 cm³/mol. The summed E-state index contributed by atoms with van der Waals surface area (Å²) in [4.78, 5) is 0. The molecule has 0 aliphatic heterocycles. The van der Waals surface area contributed by atoms with Gasteiger partial charge in [0.2, 0.25) is 0 Å². The van der Waals surface area contributed by atoms with Gasteiger partial charge in [0.1, 0.15) is 0 Å². The minimum atomic E-state index is -3.82. The first-order chi connectivity index (χ1) is 19.5. The first-order valence-corrected chi connectivity index (χ1v) is 18.6. The molecule has 0 aromatic rings.